The number of nitrogens with two attached hydrogens (primary N) is 2. The summed E-state index contributed by atoms with van der Waals surface area (Å²) < 4.78 is 1.08. The average Bonchev–Trinajstić information content (AvgIpc) is 2.92. The van der Waals surface area contributed by atoms with Gasteiger partial charge in [0.2, 0.25) is 0 Å². The summed E-state index contributed by atoms with van der Waals surface area (Å²) in [5.74, 6) is 0.449. The van der Waals surface area contributed by atoms with Crippen molar-refractivity contribution in [2.75, 3.05) is 7.05 Å². The Kier molecular flexibility index (Phi) is 5.20. The molecule has 0 bridgehead atoms. The fourth-order valence-corrected chi connectivity index (χ4v) is 3.47. The van der Waals surface area contributed by atoms with Crippen LogP contribution in [0.2, 0.25) is 0 Å². The Bertz CT molecular complexity index is 859. The largest absolute Gasteiger partial charge is 0.402 e. The number of fused-ring (bicyclic) bond motifs is 1. The maximum Gasteiger partial charge on any atom is 0.369 e. The summed E-state index contributed by atoms with van der Waals surface area (Å²) in [5.41, 5.74) is 15.5. The average molecular weight is 325 g/mol. The number of allylic oxidation sites excluding steroid dienone is 4. The zero-order chi connectivity index (χ0) is 17.0. The molecule has 0 aliphatic carbocycles. The number of nitrogens with zero attached hydrogens (tertiary/aromatic N) is 2. The number of amidine groups is 1. The van der Waals surface area contributed by atoms with Gasteiger partial charge in [-0.15, -0.1) is 11.3 Å². The highest BCUT2D eigenvalue weighted by atomic mass is 32.1. The van der Waals surface area contributed by atoms with Gasteiger partial charge in [0.15, 0.2) is 4.88 Å². The molecule has 0 saturated carbocycles. The van der Waals surface area contributed by atoms with Crippen LogP contribution in [-0.4, -0.2) is 12.9 Å². The summed E-state index contributed by atoms with van der Waals surface area (Å²) in [4.78, 5) is 8.74. The van der Waals surface area contributed by atoms with Crippen LogP contribution in [0.4, 0.5) is 5.69 Å². The van der Waals surface area contributed by atoms with Crippen molar-refractivity contribution in [2.24, 2.45) is 16.5 Å². The van der Waals surface area contributed by atoms with E-state index in [1.807, 2.05) is 19.1 Å². The normalized spacial score (nSPS) is 13.4. The Balaban J connectivity index is 2.62. The van der Waals surface area contributed by atoms with Crippen molar-refractivity contribution in [1.82, 2.24) is 0 Å². The van der Waals surface area contributed by atoms with Crippen LogP contribution in [-0.2, 0) is 0 Å². The predicted octanol–water partition coefficient (Wildman–Crippen LogP) is 4.49. The van der Waals surface area contributed by atoms with Gasteiger partial charge in [-0.3, -0.25) is 4.99 Å². The maximum atomic E-state index is 5.95. The molecule has 5 heteroatoms. The molecular formula is C18H21N4S+. The third-order valence-corrected chi connectivity index (χ3v) is 4.73. The lowest BCUT2D eigenvalue weighted by Crippen LogP contribution is -2.10. The van der Waals surface area contributed by atoms with Gasteiger partial charge in [-0.2, -0.15) is 0 Å². The molecule has 0 aliphatic heterocycles. The molecule has 2 aromatic rings. The van der Waals surface area contributed by atoms with Crippen molar-refractivity contribution in [2.45, 2.75) is 20.3 Å². The minimum atomic E-state index is 0.449. The first-order valence-corrected chi connectivity index (χ1v) is 8.16. The van der Waals surface area contributed by atoms with E-state index in [9.17, 15) is 0 Å². The number of hydrogen-bond donors (Lipinski definition) is 2. The van der Waals surface area contributed by atoms with E-state index < -0.39 is 0 Å². The SMILES string of the molecule is C#[N+]c1c(C(N)=NC)sc2cc(C(=CC=C(C)N)CC)ccc12. The van der Waals surface area contributed by atoms with Crippen LogP contribution in [0.25, 0.3) is 20.5 Å². The third-order valence-electron chi connectivity index (χ3n) is 3.57. The Morgan fingerprint density at radius 3 is 2.65 bits per heavy atom. The monoisotopic (exact) mass is 325 g/mol. The standard InChI is InChI=1S/C18H21N4S/c1-5-12(7-6-11(2)19)13-8-9-14-15(10-13)23-17(16(14)21-3)18(20)22-4/h3,6-10H,5,19H2,1-2,4H3,(H2,20,22)/q+1. The van der Waals surface area contributed by atoms with Gasteiger partial charge in [0, 0.05) is 17.4 Å². The van der Waals surface area contributed by atoms with Crippen molar-refractivity contribution < 1.29 is 0 Å². The Morgan fingerprint density at radius 2 is 2.09 bits per heavy atom. The molecule has 0 fully saturated rings. The molecule has 4 nitrogen and oxygen atoms in total. The summed E-state index contributed by atoms with van der Waals surface area (Å²) in [5, 5.41) is 0.990. The highest BCUT2D eigenvalue weighted by molar-refractivity contribution is 7.21. The molecule has 1 aromatic carbocycles. The lowest BCUT2D eigenvalue weighted by atomic mass is 10.0. The molecule has 0 amide bonds. The number of hydrogen-bond acceptors (Lipinski definition) is 3. The molecule has 118 valence electrons. The van der Waals surface area contributed by atoms with Crippen LogP contribution in [0.5, 0.6) is 0 Å². The first-order chi connectivity index (χ1) is 11.0. The van der Waals surface area contributed by atoms with Crippen LogP contribution in [0.1, 0.15) is 30.7 Å². The summed E-state index contributed by atoms with van der Waals surface area (Å²) in [6, 6.07) is 6.24. The highest BCUT2D eigenvalue weighted by Crippen LogP contribution is 2.39. The molecule has 4 N–H and O–H groups in total. The van der Waals surface area contributed by atoms with Gasteiger partial charge < -0.3 is 11.5 Å². The van der Waals surface area contributed by atoms with Crippen molar-refractivity contribution in [3.63, 3.8) is 0 Å². The van der Waals surface area contributed by atoms with E-state index in [0.29, 0.717) is 11.5 Å². The number of aliphatic imine (C=N–C) groups is 1. The minimum absolute atomic E-state index is 0.449. The topological polar surface area (TPSA) is 68.8 Å². The Morgan fingerprint density at radius 1 is 1.35 bits per heavy atom. The molecule has 1 heterocycles. The molecule has 0 unspecified atom stereocenters. The summed E-state index contributed by atoms with van der Waals surface area (Å²) in [6.45, 7) is 9.55. The zero-order valence-electron chi connectivity index (χ0n) is 13.6. The smallest absolute Gasteiger partial charge is 0.369 e. The lowest BCUT2D eigenvalue weighted by molar-refractivity contribution is 1.24. The Labute approximate surface area is 140 Å². The molecule has 0 atom stereocenters. The minimum Gasteiger partial charge on any atom is -0.402 e. The van der Waals surface area contributed by atoms with Crippen LogP contribution < -0.4 is 11.5 Å². The molecular weight excluding hydrogens is 304 g/mol. The number of thiophene rings is 1. The first-order valence-electron chi connectivity index (χ1n) is 7.35. The molecule has 0 radical (unpaired) electrons. The van der Waals surface area contributed by atoms with E-state index in [1.54, 1.807) is 18.4 Å². The predicted molar refractivity (Wildman–Crippen MR) is 103 cm³/mol. The van der Waals surface area contributed by atoms with Gasteiger partial charge in [-0.1, -0.05) is 19.1 Å². The first kappa shape index (κ1) is 16.8. The van der Waals surface area contributed by atoms with Crippen molar-refractivity contribution in [3.8, 4) is 6.57 Å². The molecule has 0 aliphatic rings. The van der Waals surface area contributed by atoms with Crippen LogP contribution in [0, 0.1) is 6.57 Å². The summed E-state index contributed by atoms with van der Waals surface area (Å²) in [7, 11) is 1.66. The maximum absolute atomic E-state index is 5.95. The van der Waals surface area contributed by atoms with Crippen molar-refractivity contribution in [3.05, 3.63) is 51.3 Å². The second kappa shape index (κ2) is 7.12. The quantitative estimate of drug-likeness (QED) is 0.494. The van der Waals surface area contributed by atoms with Gasteiger partial charge in [0.25, 0.3) is 6.57 Å². The van der Waals surface area contributed by atoms with Gasteiger partial charge >= 0.3 is 5.69 Å². The number of rotatable bonds is 4. The summed E-state index contributed by atoms with van der Waals surface area (Å²) >= 11 is 1.55. The van der Waals surface area contributed by atoms with E-state index in [-0.39, 0.29) is 0 Å². The lowest BCUT2D eigenvalue weighted by Gasteiger charge is -2.04. The fourth-order valence-electron chi connectivity index (χ4n) is 2.34. The van der Waals surface area contributed by atoms with Crippen molar-refractivity contribution in [1.29, 1.82) is 0 Å². The molecule has 1 aromatic heterocycles. The van der Waals surface area contributed by atoms with Gasteiger partial charge in [-0.25, -0.2) is 0 Å². The van der Waals surface area contributed by atoms with Crippen LogP contribution >= 0.6 is 11.3 Å². The van der Waals surface area contributed by atoms with E-state index in [1.165, 1.54) is 5.57 Å². The third kappa shape index (κ3) is 3.43. The second-order valence-electron chi connectivity index (χ2n) is 5.18. The molecule has 23 heavy (non-hydrogen) atoms. The molecule has 0 saturated heterocycles. The van der Waals surface area contributed by atoms with Crippen molar-refractivity contribution >= 4 is 38.5 Å². The zero-order valence-corrected chi connectivity index (χ0v) is 14.4. The highest BCUT2D eigenvalue weighted by Gasteiger charge is 2.23. The van der Waals surface area contributed by atoms with Gasteiger partial charge in [-0.05, 0) is 47.5 Å². The van der Waals surface area contributed by atoms with E-state index in [4.69, 9.17) is 18.0 Å². The summed E-state index contributed by atoms with van der Waals surface area (Å²) in [6.07, 6.45) is 4.90. The van der Waals surface area contributed by atoms with E-state index in [0.717, 1.165) is 32.6 Å². The fraction of sp³-hybridized carbons (Fsp3) is 0.222. The van der Waals surface area contributed by atoms with E-state index in [2.05, 4.69) is 35.0 Å². The van der Waals surface area contributed by atoms with Gasteiger partial charge in [0.05, 0.1) is 5.39 Å². The van der Waals surface area contributed by atoms with Crippen LogP contribution in [0.15, 0.2) is 41.0 Å². The van der Waals surface area contributed by atoms with Gasteiger partial charge in [0.1, 0.15) is 5.84 Å². The molecule has 0 spiro atoms. The molecule has 2 rings (SSSR count). The van der Waals surface area contributed by atoms with Crippen LogP contribution in [0.3, 0.4) is 0 Å². The number of benzene rings is 1. The second-order valence-corrected chi connectivity index (χ2v) is 6.24. The van der Waals surface area contributed by atoms with E-state index >= 15 is 0 Å². The Hall–Kier alpha value is -2.58.